The molecule has 0 spiro atoms. The maximum Gasteiger partial charge on any atom is 0.164 e. The molecule has 0 aliphatic rings. The van der Waals surface area contributed by atoms with Crippen LogP contribution in [0.15, 0.2) is 253 Å². The summed E-state index contributed by atoms with van der Waals surface area (Å²) in [4.78, 5) is 16.5. The standard InChI is InChI=1S/C69H41N5OS/c1-3-18-42(19-4-1)44-22-13-23-46(40-44)73-55-31-10-7-24-48(55)51-28-14-34-58(66(51)73)74-56-32-11-8-26-52(56)63-53(29-15-33-57(63)74)68-70-67(45-38-39-50-49-25-9-12-35-59(49)75-60(50)41-45)71-69(72-68)54-30-17-37-62-65(54)64-47(27-16-36-61(64)76-62)43-20-5-2-6-21-43/h1-41H. The molecule has 354 valence electrons. The summed E-state index contributed by atoms with van der Waals surface area (Å²) in [5.74, 6) is 1.75. The number of hydrogen-bond donors (Lipinski definition) is 0. The largest absolute Gasteiger partial charge is 0.456 e. The van der Waals surface area contributed by atoms with Crippen LogP contribution in [0, 0.1) is 0 Å². The molecule has 7 heteroatoms. The van der Waals surface area contributed by atoms with Crippen molar-refractivity contribution in [2.24, 2.45) is 0 Å². The predicted molar refractivity (Wildman–Crippen MR) is 316 cm³/mol. The average molecular weight is 988 g/mol. The molecule has 0 bridgehead atoms. The fourth-order valence-electron chi connectivity index (χ4n) is 11.9. The van der Waals surface area contributed by atoms with E-state index in [-0.39, 0.29) is 0 Å². The highest BCUT2D eigenvalue weighted by Crippen LogP contribution is 2.46. The van der Waals surface area contributed by atoms with Gasteiger partial charge in [0, 0.05) is 74.9 Å². The minimum atomic E-state index is 0.565. The molecule has 5 heterocycles. The molecule has 0 aliphatic heterocycles. The van der Waals surface area contributed by atoms with Gasteiger partial charge in [0.25, 0.3) is 0 Å². The number of thiophene rings is 1. The van der Waals surface area contributed by atoms with Gasteiger partial charge >= 0.3 is 0 Å². The van der Waals surface area contributed by atoms with Gasteiger partial charge in [-0.05, 0) is 89.0 Å². The molecule has 0 aliphatic carbocycles. The first kappa shape index (κ1) is 42.5. The summed E-state index contributed by atoms with van der Waals surface area (Å²) < 4.78 is 13.8. The fraction of sp³-hybridized carbons (Fsp3) is 0. The van der Waals surface area contributed by atoms with Crippen LogP contribution >= 0.6 is 11.3 Å². The number of rotatable bonds is 7. The van der Waals surface area contributed by atoms with Crippen LogP contribution in [0.5, 0.6) is 0 Å². The first-order valence-electron chi connectivity index (χ1n) is 25.6. The summed E-state index contributed by atoms with van der Waals surface area (Å²) in [5, 5.41) is 8.99. The Morgan fingerprint density at radius 2 is 0.868 bits per heavy atom. The van der Waals surface area contributed by atoms with E-state index in [9.17, 15) is 0 Å². The molecule has 0 saturated carbocycles. The molecular weight excluding hydrogens is 947 g/mol. The van der Waals surface area contributed by atoms with Crippen molar-refractivity contribution in [2.75, 3.05) is 0 Å². The molecule has 11 aromatic carbocycles. The quantitative estimate of drug-likeness (QED) is 0.160. The Kier molecular flexibility index (Phi) is 9.40. The van der Waals surface area contributed by atoms with E-state index in [0.717, 1.165) is 93.8 Å². The second-order valence-electron chi connectivity index (χ2n) is 19.4. The molecule has 0 fully saturated rings. The Balaban J connectivity index is 0.963. The summed E-state index contributed by atoms with van der Waals surface area (Å²) in [7, 11) is 0. The van der Waals surface area contributed by atoms with Crippen molar-refractivity contribution in [3.05, 3.63) is 249 Å². The summed E-state index contributed by atoms with van der Waals surface area (Å²) in [6.45, 7) is 0. The van der Waals surface area contributed by atoms with Crippen LogP contribution in [-0.2, 0) is 0 Å². The number of benzene rings is 11. The van der Waals surface area contributed by atoms with Gasteiger partial charge in [-0.15, -0.1) is 11.3 Å². The van der Waals surface area contributed by atoms with E-state index >= 15 is 0 Å². The zero-order valence-electron chi connectivity index (χ0n) is 40.7. The number of para-hydroxylation sites is 4. The third kappa shape index (κ3) is 6.49. The lowest BCUT2D eigenvalue weighted by molar-refractivity contribution is 0.669. The first-order valence-corrected chi connectivity index (χ1v) is 26.4. The van der Waals surface area contributed by atoms with Gasteiger partial charge in [-0.3, -0.25) is 0 Å². The number of furan rings is 1. The van der Waals surface area contributed by atoms with Crippen molar-refractivity contribution in [2.45, 2.75) is 0 Å². The number of aromatic nitrogens is 5. The first-order chi connectivity index (χ1) is 37.7. The zero-order chi connectivity index (χ0) is 49.8. The van der Waals surface area contributed by atoms with Crippen LogP contribution in [-0.4, -0.2) is 24.1 Å². The van der Waals surface area contributed by atoms with Crippen molar-refractivity contribution in [3.63, 3.8) is 0 Å². The SMILES string of the molecule is c1ccc(-c2cccc(-n3c4ccccc4c4cccc(-n5c6ccccc6c6c(-c7nc(-c8ccc9c(c8)oc8ccccc89)nc(-c8cccc9sc%10cccc(-c%11ccccc%11)c%10c89)n7)cccc65)c43)c2)cc1. The minimum absolute atomic E-state index is 0.565. The fourth-order valence-corrected chi connectivity index (χ4v) is 13.0. The van der Waals surface area contributed by atoms with E-state index in [0.29, 0.717) is 17.5 Å². The average Bonchev–Trinajstić information content (AvgIpc) is 4.29. The molecule has 76 heavy (non-hydrogen) atoms. The highest BCUT2D eigenvalue weighted by atomic mass is 32.1. The van der Waals surface area contributed by atoms with E-state index in [1.54, 1.807) is 11.3 Å². The number of hydrogen-bond acceptors (Lipinski definition) is 5. The Hall–Kier alpha value is -9.95. The summed E-state index contributed by atoms with van der Waals surface area (Å²) in [6, 6.07) is 88.6. The Bertz CT molecular complexity index is 5010. The van der Waals surface area contributed by atoms with Crippen LogP contribution in [0.4, 0.5) is 0 Å². The lowest BCUT2D eigenvalue weighted by Gasteiger charge is -2.15. The second kappa shape index (κ2) is 16.8. The molecule has 16 aromatic rings. The van der Waals surface area contributed by atoms with Crippen LogP contribution in [0.3, 0.4) is 0 Å². The zero-order valence-corrected chi connectivity index (χ0v) is 41.5. The van der Waals surface area contributed by atoms with Gasteiger partial charge in [-0.2, -0.15) is 0 Å². The Morgan fingerprint density at radius 3 is 1.66 bits per heavy atom. The topological polar surface area (TPSA) is 61.7 Å². The van der Waals surface area contributed by atoms with Crippen LogP contribution in [0.2, 0.25) is 0 Å². The van der Waals surface area contributed by atoms with Gasteiger partial charge in [0.05, 0.1) is 27.8 Å². The predicted octanol–water partition coefficient (Wildman–Crippen LogP) is 18.7. The Morgan fingerprint density at radius 1 is 0.316 bits per heavy atom. The van der Waals surface area contributed by atoms with Crippen molar-refractivity contribution in [3.8, 4) is 67.8 Å². The van der Waals surface area contributed by atoms with Crippen LogP contribution < -0.4 is 0 Å². The van der Waals surface area contributed by atoms with Crippen molar-refractivity contribution < 1.29 is 4.42 Å². The maximum atomic E-state index is 6.48. The minimum Gasteiger partial charge on any atom is -0.456 e. The molecular formula is C69H41N5OS. The van der Waals surface area contributed by atoms with Crippen molar-refractivity contribution in [1.82, 2.24) is 24.1 Å². The van der Waals surface area contributed by atoms with Crippen LogP contribution in [0.1, 0.15) is 0 Å². The molecule has 0 saturated heterocycles. The Labute approximate surface area is 439 Å². The third-order valence-electron chi connectivity index (χ3n) is 15.2. The third-order valence-corrected chi connectivity index (χ3v) is 16.3. The number of nitrogens with zero attached hydrogens (tertiary/aromatic N) is 5. The highest BCUT2D eigenvalue weighted by molar-refractivity contribution is 7.26. The summed E-state index contributed by atoms with van der Waals surface area (Å²) >= 11 is 1.80. The van der Waals surface area contributed by atoms with Gasteiger partial charge in [0.15, 0.2) is 17.5 Å². The molecule has 5 aromatic heterocycles. The van der Waals surface area contributed by atoms with E-state index in [1.165, 1.54) is 42.2 Å². The van der Waals surface area contributed by atoms with Gasteiger partial charge in [-0.25, -0.2) is 15.0 Å². The number of fused-ring (bicyclic) bond motifs is 12. The molecule has 6 nitrogen and oxygen atoms in total. The van der Waals surface area contributed by atoms with E-state index in [4.69, 9.17) is 19.4 Å². The smallest absolute Gasteiger partial charge is 0.164 e. The van der Waals surface area contributed by atoms with Gasteiger partial charge in [0.1, 0.15) is 11.2 Å². The molecule has 0 atom stereocenters. The normalized spacial score (nSPS) is 11.9. The lowest BCUT2D eigenvalue weighted by Crippen LogP contribution is -2.02. The van der Waals surface area contributed by atoms with Gasteiger partial charge in [0.2, 0.25) is 0 Å². The molecule has 0 unspecified atom stereocenters. The van der Waals surface area contributed by atoms with E-state index in [2.05, 4.69) is 246 Å². The maximum absolute atomic E-state index is 6.48. The summed E-state index contributed by atoms with van der Waals surface area (Å²) in [5.41, 5.74) is 15.6. The highest BCUT2D eigenvalue weighted by Gasteiger charge is 2.25. The lowest BCUT2D eigenvalue weighted by atomic mass is 9.97. The summed E-state index contributed by atoms with van der Waals surface area (Å²) in [6.07, 6.45) is 0. The molecule has 16 rings (SSSR count). The second-order valence-corrected chi connectivity index (χ2v) is 20.5. The van der Waals surface area contributed by atoms with Crippen molar-refractivity contribution >= 4 is 97.1 Å². The molecule has 0 amide bonds. The van der Waals surface area contributed by atoms with E-state index in [1.807, 2.05) is 12.1 Å². The monoisotopic (exact) mass is 987 g/mol. The van der Waals surface area contributed by atoms with Crippen molar-refractivity contribution in [1.29, 1.82) is 0 Å². The molecule has 0 radical (unpaired) electrons. The van der Waals surface area contributed by atoms with Gasteiger partial charge < -0.3 is 13.6 Å². The van der Waals surface area contributed by atoms with Gasteiger partial charge in [-0.1, -0.05) is 182 Å². The van der Waals surface area contributed by atoms with E-state index < -0.39 is 0 Å². The molecule has 0 N–H and O–H groups in total. The van der Waals surface area contributed by atoms with Crippen LogP contribution in [0.25, 0.3) is 154 Å².